The molecule has 104 valence electrons. The monoisotopic (exact) mass is 299 g/mol. The van der Waals surface area contributed by atoms with Crippen molar-refractivity contribution in [1.82, 2.24) is 20.1 Å². The summed E-state index contributed by atoms with van der Waals surface area (Å²) in [6, 6.07) is 0.275. The molecule has 2 rings (SSSR count). The van der Waals surface area contributed by atoms with E-state index in [2.05, 4.69) is 22.3 Å². The lowest BCUT2D eigenvalue weighted by Gasteiger charge is -2.14. The van der Waals surface area contributed by atoms with E-state index >= 15 is 0 Å². The van der Waals surface area contributed by atoms with Crippen molar-refractivity contribution in [2.24, 2.45) is 0 Å². The summed E-state index contributed by atoms with van der Waals surface area (Å²) in [6.07, 6.45) is 0. The molecule has 7 heteroatoms. The van der Waals surface area contributed by atoms with Crippen LogP contribution in [0.2, 0.25) is 5.02 Å². The number of nitrogen functional groups attached to an aromatic ring is 1. The number of aromatic nitrogens is 3. The maximum atomic E-state index is 6.13. The van der Waals surface area contributed by atoms with Crippen molar-refractivity contribution in [2.75, 3.05) is 5.73 Å². The van der Waals surface area contributed by atoms with Gasteiger partial charge in [0.25, 0.3) is 0 Å². The van der Waals surface area contributed by atoms with Gasteiger partial charge in [0.05, 0.1) is 28.6 Å². The second-order valence-electron chi connectivity index (χ2n) is 4.63. The Morgan fingerprint density at radius 2 is 2.26 bits per heavy atom. The molecule has 1 atom stereocenters. The maximum Gasteiger partial charge on any atom is 0.180 e. The minimum Gasteiger partial charge on any atom is -0.375 e. The molecular formula is C12H18ClN5S. The van der Waals surface area contributed by atoms with E-state index in [1.165, 1.54) is 11.3 Å². The Labute approximate surface area is 121 Å². The van der Waals surface area contributed by atoms with E-state index in [0.29, 0.717) is 11.7 Å². The zero-order valence-corrected chi connectivity index (χ0v) is 12.8. The second-order valence-corrected chi connectivity index (χ2v) is 5.89. The van der Waals surface area contributed by atoms with Crippen molar-refractivity contribution in [1.29, 1.82) is 0 Å². The van der Waals surface area contributed by atoms with Crippen molar-refractivity contribution in [3.05, 3.63) is 27.5 Å². The largest absolute Gasteiger partial charge is 0.375 e. The van der Waals surface area contributed by atoms with Crippen LogP contribution >= 0.6 is 22.9 Å². The van der Waals surface area contributed by atoms with E-state index in [0.717, 1.165) is 28.6 Å². The third-order valence-corrected chi connectivity index (χ3v) is 4.21. The first kappa shape index (κ1) is 14.3. The number of aryl methyl sites for hydroxylation is 1. The van der Waals surface area contributed by atoms with E-state index < -0.39 is 0 Å². The number of rotatable bonds is 5. The maximum absolute atomic E-state index is 6.13. The van der Waals surface area contributed by atoms with Crippen LogP contribution in [-0.2, 0) is 13.1 Å². The van der Waals surface area contributed by atoms with Gasteiger partial charge in [0.1, 0.15) is 0 Å². The number of thiazole rings is 1. The average molecular weight is 300 g/mol. The summed E-state index contributed by atoms with van der Waals surface area (Å²) in [7, 11) is 0. The Kier molecular flexibility index (Phi) is 4.44. The third-order valence-electron chi connectivity index (χ3n) is 2.94. The van der Waals surface area contributed by atoms with Gasteiger partial charge in [0, 0.05) is 18.0 Å². The predicted molar refractivity (Wildman–Crippen MR) is 79.5 cm³/mol. The molecule has 0 unspecified atom stereocenters. The smallest absolute Gasteiger partial charge is 0.180 e. The molecule has 0 aliphatic heterocycles. The molecule has 0 spiro atoms. The minimum absolute atomic E-state index is 0.275. The fraction of sp³-hybridized carbons (Fsp3) is 0.500. The summed E-state index contributed by atoms with van der Waals surface area (Å²) in [5, 5.41) is 11.1. The van der Waals surface area contributed by atoms with Gasteiger partial charge in [-0.3, -0.25) is 4.68 Å². The molecular weight excluding hydrogens is 282 g/mol. The summed E-state index contributed by atoms with van der Waals surface area (Å²) in [6.45, 7) is 7.50. The van der Waals surface area contributed by atoms with Crippen LogP contribution in [0.1, 0.15) is 24.0 Å². The summed E-state index contributed by atoms with van der Waals surface area (Å²) in [5.41, 5.74) is 8.45. The van der Waals surface area contributed by atoms with Gasteiger partial charge < -0.3 is 11.1 Å². The molecule has 2 heterocycles. The lowest BCUT2D eigenvalue weighted by molar-refractivity contribution is 0.442. The number of nitrogens with two attached hydrogens (primary N) is 1. The van der Waals surface area contributed by atoms with Crippen LogP contribution in [0.4, 0.5) is 5.13 Å². The summed E-state index contributed by atoms with van der Waals surface area (Å²) in [5.74, 6) is 0. The van der Waals surface area contributed by atoms with Gasteiger partial charge >= 0.3 is 0 Å². The Balaban J connectivity index is 1.90. The highest BCUT2D eigenvalue weighted by Gasteiger charge is 2.11. The van der Waals surface area contributed by atoms with Gasteiger partial charge in [-0.05, 0) is 20.8 Å². The zero-order chi connectivity index (χ0) is 14.0. The number of anilines is 1. The number of nitrogens with zero attached hydrogens (tertiary/aromatic N) is 3. The molecule has 0 radical (unpaired) electrons. The van der Waals surface area contributed by atoms with Crippen LogP contribution in [0.5, 0.6) is 0 Å². The van der Waals surface area contributed by atoms with Crippen LogP contribution in [0.15, 0.2) is 5.38 Å². The van der Waals surface area contributed by atoms with Gasteiger partial charge in [-0.2, -0.15) is 5.10 Å². The van der Waals surface area contributed by atoms with Gasteiger partial charge in [-0.15, -0.1) is 11.3 Å². The first-order valence-electron chi connectivity index (χ1n) is 6.10. The van der Waals surface area contributed by atoms with Crippen LogP contribution in [0.3, 0.4) is 0 Å². The standard InChI is InChI=1S/C12H18ClN5S/c1-7(15-4-10-6-19-12(14)16-10)5-18-9(3)11(13)8(2)17-18/h6-7,15H,4-5H2,1-3H3,(H2,14,16)/t7-/m1/s1. The molecule has 3 N–H and O–H groups in total. The molecule has 2 aromatic heterocycles. The van der Waals surface area contributed by atoms with Crippen LogP contribution in [0.25, 0.3) is 0 Å². The van der Waals surface area contributed by atoms with E-state index in [9.17, 15) is 0 Å². The quantitative estimate of drug-likeness (QED) is 0.889. The fourth-order valence-electron chi connectivity index (χ4n) is 1.86. The predicted octanol–water partition coefficient (Wildman–Crippen LogP) is 2.37. The van der Waals surface area contributed by atoms with Crippen LogP contribution in [0, 0.1) is 13.8 Å². The van der Waals surface area contributed by atoms with E-state index in [-0.39, 0.29) is 6.04 Å². The zero-order valence-electron chi connectivity index (χ0n) is 11.3. The topological polar surface area (TPSA) is 68.8 Å². The number of nitrogens with one attached hydrogen (secondary N) is 1. The number of hydrogen-bond donors (Lipinski definition) is 2. The first-order valence-corrected chi connectivity index (χ1v) is 7.36. The molecule has 0 aliphatic rings. The molecule has 19 heavy (non-hydrogen) atoms. The van der Waals surface area contributed by atoms with Crippen LogP contribution < -0.4 is 11.1 Å². The molecule has 0 fully saturated rings. The Morgan fingerprint density at radius 3 is 2.79 bits per heavy atom. The highest BCUT2D eigenvalue weighted by Crippen LogP contribution is 2.19. The highest BCUT2D eigenvalue weighted by atomic mass is 35.5. The average Bonchev–Trinajstić information content (AvgIpc) is 2.88. The summed E-state index contributed by atoms with van der Waals surface area (Å²) >= 11 is 7.59. The first-order chi connectivity index (χ1) is 8.97. The molecule has 0 saturated heterocycles. The normalized spacial score (nSPS) is 12.8. The molecule has 0 aliphatic carbocycles. The molecule has 0 amide bonds. The van der Waals surface area contributed by atoms with Crippen molar-refractivity contribution in [2.45, 2.75) is 39.9 Å². The lowest BCUT2D eigenvalue weighted by atomic mass is 10.3. The fourth-order valence-corrected chi connectivity index (χ4v) is 2.56. The van der Waals surface area contributed by atoms with Gasteiger partial charge in [0.15, 0.2) is 5.13 Å². The Morgan fingerprint density at radius 1 is 1.53 bits per heavy atom. The lowest BCUT2D eigenvalue weighted by Crippen LogP contribution is -2.30. The van der Waals surface area contributed by atoms with Crippen molar-refractivity contribution in [3.8, 4) is 0 Å². The van der Waals surface area contributed by atoms with E-state index in [1.807, 2.05) is 23.9 Å². The van der Waals surface area contributed by atoms with Crippen molar-refractivity contribution < 1.29 is 0 Å². The summed E-state index contributed by atoms with van der Waals surface area (Å²) < 4.78 is 1.94. The molecule has 0 saturated carbocycles. The van der Waals surface area contributed by atoms with Gasteiger partial charge in [0.2, 0.25) is 0 Å². The van der Waals surface area contributed by atoms with Gasteiger partial charge in [-0.1, -0.05) is 11.6 Å². The summed E-state index contributed by atoms with van der Waals surface area (Å²) in [4.78, 5) is 4.22. The molecule has 2 aromatic rings. The second kappa shape index (κ2) is 5.90. The third kappa shape index (κ3) is 3.46. The SMILES string of the molecule is Cc1nn(C[C@@H](C)NCc2csc(N)n2)c(C)c1Cl. The molecule has 0 aromatic carbocycles. The Hall–Kier alpha value is -1.11. The van der Waals surface area contributed by atoms with Crippen molar-refractivity contribution >= 4 is 28.1 Å². The van der Waals surface area contributed by atoms with E-state index in [1.54, 1.807) is 0 Å². The number of halogens is 1. The van der Waals surface area contributed by atoms with Gasteiger partial charge in [-0.25, -0.2) is 4.98 Å². The molecule has 0 bridgehead atoms. The molecule has 5 nitrogen and oxygen atoms in total. The van der Waals surface area contributed by atoms with Crippen LogP contribution in [-0.4, -0.2) is 20.8 Å². The minimum atomic E-state index is 0.275. The highest BCUT2D eigenvalue weighted by molar-refractivity contribution is 7.13. The number of hydrogen-bond acceptors (Lipinski definition) is 5. The van der Waals surface area contributed by atoms with Crippen molar-refractivity contribution in [3.63, 3.8) is 0 Å². The van der Waals surface area contributed by atoms with E-state index in [4.69, 9.17) is 17.3 Å². The Bertz CT molecular complexity index is 562.